The fourth-order valence-electron chi connectivity index (χ4n) is 5.14. The quantitative estimate of drug-likeness (QED) is 0.136. The molecular formula is C30H42O10. The van der Waals surface area contributed by atoms with E-state index in [-0.39, 0.29) is 11.5 Å². The van der Waals surface area contributed by atoms with E-state index in [9.17, 15) is 39.0 Å². The summed E-state index contributed by atoms with van der Waals surface area (Å²) < 4.78 is 9.79. The summed E-state index contributed by atoms with van der Waals surface area (Å²) in [5.41, 5.74) is 0. The molecule has 222 valence electrons. The van der Waals surface area contributed by atoms with Crippen LogP contribution in [-0.2, 0) is 38.2 Å². The Morgan fingerprint density at radius 3 is 1.23 bits per heavy atom. The number of hydrogen-bond donors (Lipinski definition) is 2. The SMILES string of the molecule is COC1=CC(=O)C(=O)C(CCCCCCCC(O)C(O)CCCCCCCC2C(=O)C(=O)C=C(OC)C2=O)C1=O. The Labute approximate surface area is 235 Å². The lowest BCUT2D eigenvalue weighted by molar-refractivity contribution is -0.142. The molecule has 2 aliphatic rings. The number of allylic oxidation sites excluding steroid dienone is 4. The third-order valence-corrected chi connectivity index (χ3v) is 7.63. The van der Waals surface area contributed by atoms with E-state index in [1.807, 2.05) is 0 Å². The Kier molecular flexibility index (Phi) is 14.1. The lowest BCUT2D eigenvalue weighted by atomic mass is 9.85. The first kappa shape index (κ1) is 33.2. The van der Waals surface area contributed by atoms with Gasteiger partial charge in [-0.15, -0.1) is 0 Å². The topological polar surface area (TPSA) is 161 Å². The van der Waals surface area contributed by atoms with Crippen LogP contribution in [0.4, 0.5) is 0 Å². The molecule has 0 saturated carbocycles. The molecule has 0 spiro atoms. The van der Waals surface area contributed by atoms with Crippen LogP contribution in [0.1, 0.15) is 89.9 Å². The van der Waals surface area contributed by atoms with Crippen LogP contribution in [0.2, 0.25) is 0 Å². The summed E-state index contributed by atoms with van der Waals surface area (Å²) in [6.07, 6.45) is 9.64. The molecule has 0 aliphatic heterocycles. The van der Waals surface area contributed by atoms with Gasteiger partial charge in [0.1, 0.15) is 0 Å². The van der Waals surface area contributed by atoms with Gasteiger partial charge >= 0.3 is 0 Å². The second kappa shape index (κ2) is 17.0. The zero-order chi connectivity index (χ0) is 29.7. The summed E-state index contributed by atoms with van der Waals surface area (Å²) in [5.74, 6) is -5.66. The van der Waals surface area contributed by atoms with E-state index in [1.54, 1.807) is 0 Å². The first-order chi connectivity index (χ1) is 19.1. The Balaban J connectivity index is 1.50. The highest BCUT2D eigenvalue weighted by Gasteiger charge is 2.38. The van der Waals surface area contributed by atoms with Crippen molar-refractivity contribution in [2.45, 2.75) is 102 Å². The van der Waals surface area contributed by atoms with Gasteiger partial charge in [0.15, 0.2) is 11.5 Å². The van der Waals surface area contributed by atoms with Crippen LogP contribution in [0, 0.1) is 11.8 Å². The van der Waals surface area contributed by atoms with Crippen LogP contribution in [0.5, 0.6) is 0 Å². The number of Topliss-reactive ketones (excluding diaryl/α,β-unsaturated/α-hetero) is 4. The average molecular weight is 563 g/mol. The smallest absolute Gasteiger partial charge is 0.226 e. The summed E-state index contributed by atoms with van der Waals surface area (Å²) in [5, 5.41) is 20.5. The van der Waals surface area contributed by atoms with Gasteiger partial charge in [-0.25, -0.2) is 0 Å². The maximum Gasteiger partial charge on any atom is 0.226 e. The minimum absolute atomic E-state index is 0.0647. The van der Waals surface area contributed by atoms with Crippen molar-refractivity contribution < 1.29 is 48.5 Å². The van der Waals surface area contributed by atoms with Crippen LogP contribution in [0.15, 0.2) is 23.7 Å². The van der Waals surface area contributed by atoms with Gasteiger partial charge in [-0.1, -0.05) is 64.2 Å². The molecule has 40 heavy (non-hydrogen) atoms. The average Bonchev–Trinajstić information content (AvgIpc) is 2.94. The van der Waals surface area contributed by atoms with E-state index < -0.39 is 58.7 Å². The fourth-order valence-corrected chi connectivity index (χ4v) is 5.14. The first-order valence-electron chi connectivity index (χ1n) is 14.2. The summed E-state index contributed by atoms with van der Waals surface area (Å²) in [7, 11) is 2.60. The molecule has 0 aromatic heterocycles. The largest absolute Gasteiger partial charge is 0.493 e. The van der Waals surface area contributed by atoms with Crippen molar-refractivity contribution in [3.63, 3.8) is 0 Å². The number of ketones is 6. The Morgan fingerprint density at radius 2 is 0.875 bits per heavy atom. The Bertz CT molecular complexity index is 928. The molecule has 0 amide bonds. The number of methoxy groups -OCH3 is 2. The third kappa shape index (κ3) is 9.59. The van der Waals surface area contributed by atoms with Gasteiger partial charge in [0.2, 0.25) is 34.7 Å². The maximum absolute atomic E-state index is 12.2. The monoisotopic (exact) mass is 562 g/mol. The summed E-state index contributed by atoms with van der Waals surface area (Å²) in [6.45, 7) is 0. The van der Waals surface area contributed by atoms with Crippen LogP contribution in [-0.4, -0.2) is 71.3 Å². The number of carbonyl (C=O) groups excluding carboxylic acids is 6. The molecule has 0 bridgehead atoms. The van der Waals surface area contributed by atoms with Crippen LogP contribution in [0.3, 0.4) is 0 Å². The van der Waals surface area contributed by atoms with E-state index in [0.29, 0.717) is 38.5 Å². The first-order valence-corrected chi connectivity index (χ1v) is 14.2. The minimum atomic E-state index is -0.957. The van der Waals surface area contributed by atoms with Crippen molar-refractivity contribution >= 4 is 34.7 Å². The van der Waals surface area contributed by atoms with Crippen LogP contribution >= 0.6 is 0 Å². The van der Waals surface area contributed by atoms with Crippen molar-refractivity contribution in [1.82, 2.24) is 0 Å². The van der Waals surface area contributed by atoms with Crippen molar-refractivity contribution in [2.75, 3.05) is 14.2 Å². The Hall–Kier alpha value is -2.98. The number of rotatable bonds is 19. The molecule has 0 heterocycles. The van der Waals surface area contributed by atoms with Crippen molar-refractivity contribution in [3.8, 4) is 0 Å². The van der Waals surface area contributed by atoms with Gasteiger partial charge in [-0.05, 0) is 25.7 Å². The highest BCUT2D eigenvalue weighted by atomic mass is 16.5. The lowest BCUT2D eigenvalue weighted by Gasteiger charge is -2.19. The molecule has 4 atom stereocenters. The minimum Gasteiger partial charge on any atom is -0.493 e. The van der Waals surface area contributed by atoms with E-state index >= 15 is 0 Å². The summed E-state index contributed by atoms with van der Waals surface area (Å²) in [6, 6.07) is 0. The zero-order valence-electron chi connectivity index (χ0n) is 23.5. The van der Waals surface area contributed by atoms with Crippen molar-refractivity contribution in [1.29, 1.82) is 0 Å². The van der Waals surface area contributed by atoms with E-state index in [1.165, 1.54) is 14.2 Å². The van der Waals surface area contributed by atoms with Crippen molar-refractivity contribution in [3.05, 3.63) is 23.7 Å². The molecule has 0 fully saturated rings. The third-order valence-electron chi connectivity index (χ3n) is 7.63. The molecule has 10 heteroatoms. The predicted molar refractivity (Wildman–Crippen MR) is 144 cm³/mol. The van der Waals surface area contributed by atoms with Gasteiger partial charge in [-0.2, -0.15) is 0 Å². The highest BCUT2D eigenvalue weighted by Crippen LogP contribution is 2.24. The number of unbranched alkanes of at least 4 members (excludes halogenated alkanes) is 8. The van der Waals surface area contributed by atoms with Gasteiger partial charge in [-0.3, -0.25) is 28.8 Å². The molecular weight excluding hydrogens is 520 g/mol. The molecule has 10 nitrogen and oxygen atoms in total. The van der Waals surface area contributed by atoms with E-state index in [2.05, 4.69) is 0 Å². The summed E-state index contributed by atoms with van der Waals surface area (Å²) in [4.78, 5) is 71.8. The molecule has 0 aromatic carbocycles. The lowest BCUT2D eigenvalue weighted by Crippen LogP contribution is -2.35. The molecule has 4 unspecified atom stereocenters. The van der Waals surface area contributed by atoms with Gasteiger partial charge < -0.3 is 19.7 Å². The fraction of sp³-hybridized carbons (Fsp3) is 0.667. The number of aliphatic hydroxyl groups is 2. The normalized spacial score (nSPS) is 21.3. The highest BCUT2D eigenvalue weighted by molar-refractivity contribution is 6.49. The van der Waals surface area contributed by atoms with Crippen LogP contribution in [0.25, 0.3) is 0 Å². The van der Waals surface area contributed by atoms with Crippen LogP contribution < -0.4 is 0 Å². The van der Waals surface area contributed by atoms with E-state index in [4.69, 9.17) is 9.47 Å². The maximum atomic E-state index is 12.2. The second-order valence-corrected chi connectivity index (χ2v) is 10.5. The number of hydrogen-bond acceptors (Lipinski definition) is 10. The zero-order valence-corrected chi connectivity index (χ0v) is 23.5. The number of carbonyl (C=O) groups is 6. The second-order valence-electron chi connectivity index (χ2n) is 10.5. The number of aliphatic hydroxyl groups excluding tert-OH is 2. The van der Waals surface area contributed by atoms with Gasteiger partial charge in [0.25, 0.3) is 0 Å². The standard InChI is InChI=1S/C30H42O10/c1-39-25-17-23(33)27(35)19(29(25)37)13-9-5-3-7-11-15-21(31)22(32)16-12-8-4-6-10-14-20-28(36)24(34)18-26(40-2)30(20)38/h17-22,31-32H,3-16H2,1-2H3. The van der Waals surface area contributed by atoms with E-state index in [0.717, 1.165) is 63.5 Å². The number of ether oxygens (including phenoxy) is 2. The Morgan fingerprint density at radius 1 is 0.550 bits per heavy atom. The molecule has 2 aliphatic carbocycles. The van der Waals surface area contributed by atoms with Gasteiger partial charge in [0.05, 0.1) is 38.3 Å². The summed E-state index contributed by atoms with van der Waals surface area (Å²) >= 11 is 0. The molecule has 0 saturated heterocycles. The molecule has 0 radical (unpaired) electrons. The van der Waals surface area contributed by atoms with Gasteiger partial charge in [0, 0.05) is 12.2 Å². The molecule has 2 N–H and O–H groups in total. The molecule has 0 aromatic rings. The molecule has 2 rings (SSSR count). The predicted octanol–water partition coefficient (Wildman–Crippen LogP) is 2.90. The van der Waals surface area contributed by atoms with Crippen molar-refractivity contribution in [2.24, 2.45) is 11.8 Å².